The minimum Gasteiger partial charge on any atom is -0.325 e. The number of alkyl halides is 3. The predicted molar refractivity (Wildman–Crippen MR) is 61.9 cm³/mol. The van der Waals surface area contributed by atoms with Crippen LogP contribution in [0.4, 0.5) is 13.2 Å². The van der Waals surface area contributed by atoms with Gasteiger partial charge in [0.15, 0.2) is 0 Å². The minimum absolute atomic E-state index is 0.0622. The topological polar surface area (TPSA) is 43.8 Å². The normalized spacial score (nSPS) is 28.3. The molecule has 1 fully saturated rings. The highest BCUT2D eigenvalue weighted by Gasteiger charge is 2.39. The molecule has 1 aromatic rings. The van der Waals surface area contributed by atoms with Crippen molar-refractivity contribution in [2.45, 2.75) is 51.4 Å². The van der Waals surface area contributed by atoms with Gasteiger partial charge in [0.1, 0.15) is 0 Å². The molecule has 2 rings (SSSR count). The van der Waals surface area contributed by atoms with Gasteiger partial charge in [0.25, 0.3) is 0 Å². The molecule has 1 aliphatic carbocycles. The highest BCUT2D eigenvalue weighted by atomic mass is 19.4. The molecule has 3 nitrogen and oxygen atoms in total. The predicted octanol–water partition coefficient (Wildman–Crippen LogP) is 2.98. The molecule has 2 N–H and O–H groups in total. The van der Waals surface area contributed by atoms with Crippen molar-refractivity contribution < 1.29 is 13.2 Å². The summed E-state index contributed by atoms with van der Waals surface area (Å²) in [4.78, 5) is 0. The molecule has 0 aliphatic heterocycles. The summed E-state index contributed by atoms with van der Waals surface area (Å²) in [6.07, 6.45) is 0.334. The van der Waals surface area contributed by atoms with Crippen LogP contribution in [0.3, 0.4) is 0 Å². The first-order chi connectivity index (χ1) is 8.22. The average Bonchev–Trinajstić information content (AvgIpc) is 2.70. The Bertz CT molecular complexity index is 422. The fourth-order valence-corrected chi connectivity index (χ4v) is 2.60. The number of nitrogens with zero attached hydrogens (tertiary/aromatic N) is 2. The lowest BCUT2D eigenvalue weighted by atomic mass is 9.71. The first-order valence-corrected chi connectivity index (χ1v) is 6.09. The standard InChI is InChI=1S/C12H18F3N3/c1-11(2)5-3-4-9(10(11)16)18-7-8(6-17-18)12(13,14)15/h6-7,9-10H,3-5,16H2,1-2H3. The van der Waals surface area contributed by atoms with Crippen molar-refractivity contribution in [1.82, 2.24) is 9.78 Å². The summed E-state index contributed by atoms with van der Waals surface area (Å²) in [5, 5.41) is 3.84. The van der Waals surface area contributed by atoms with Gasteiger partial charge in [0, 0.05) is 12.2 Å². The lowest BCUT2D eigenvalue weighted by Crippen LogP contribution is -2.47. The largest absolute Gasteiger partial charge is 0.419 e. The number of rotatable bonds is 1. The smallest absolute Gasteiger partial charge is 0.325 e. The first kappa shape index (κ1) is 13.4. The van der Waals surface area contributed by atoms with Crippen molar-refractivity contribution in [3.8, 4) is 0 Å². The maximum absolute atomic E-state index is 12.5. The Morgan fingerprint density at radius 2 is 2.11 bits per heavy atom. The van der Waals surface area contributed by atoms with Gasteiger partial charge in [-0.15, -0.1) is 0 Å². The first-order valence-electron chi connectivity index (χ1n) is 6.09. The van der Waals surface area contributed by atoms with E-state index in [1.807, 2.05) is 0 Å². The van der Waals surface area contributed by atoms with E-state index in [-0.39, 0.29) is 17.5 Å². The summed E-state index contributed by atoms with van der Waals surface area (Å²) < 4.78 is 39.0. The lowest BCUT2D eigenvalue weighted by molar-refractivity contribution is -0.137. The fourth-order valence-electron chi connectivity index (χ4n) is 2.60. The monoisotopic (exact) mass is 261 g/mol. The Kier molecular flexibility index (Phi) is 3.17. The second-order valence-corrected chi connectivity index (χ2v) is 5.68. The molecule has 0 saturated heterocycles. The van der Waals surface area contributed by atoms with E-state index in [1.54, 1.807) is 0 Å². The van der Waals surface area contributed by atoms with Crippen LogP contribution in [-0.4, -0.2) is 15.8 Å². The second kappa shape index (κ2) is 4.26. The molecule has 1 aliphatic rings. The molecule has 1 aromatic heterocycles. The molecule has 0 bridgehead atoms. The Morgan fingerprint density at radius 1 is 1.44 bits per heavy atom. The van der Waals surface area contributed by atoms with Crippen molar-refractivity contribution in [1.29, 1.82) is 0 Å². The molecule has 0 aromatic carbocycles. The van der Waals surface area contributed by atoms with Gasteiger partial charge < -0.3 is 5.73 Å². The van der Waals surface area contributed by atoms with Crippen LogP contribution in [0.1, 0.15) is 44.7 Å². The van der Waals surface area contributed by atoms with Crippen LogP contribution in [0.15, 0.2) is 12.4 Å². The van der Waals surface area contributed by atoms with E-state index in [4.69, 9.17) is 5.73 Å². The summed E-state index contributed by atoms with van der Waals surface area (Å²) in [6, 6.07) is -0.322. The van der Waals surface area contributed by atoms with Gasteiger partial charge in [0.05, 0.1) is 17.8 Å². The zero-order valence-corrected chi connectivity index (χ0v) is 10.5. The Morgan fingerprint density at radius 3 is 2.67 bits per heavy atom. The third kappa shape index (κ3) is 2.39. The molecule has 102 valence electrons. The van der Waals surface area contributed by atoms with Crippen LogP contribution in [0, 0.1) is 5.41 Å². The van der Waals surface area contributed by atoms with Crippen LogP contribution < -0.4 is 5.73 Å². The van der Waals surface area contributed by atoms with Crippen LogP contribution in [0.2, 0.25) is 0 Å². The van der Waals surface area contributed by atoms with E-state index >= 15 is 0 Å². The number of hydrogen-bond acceptors (Lipinski definition) is 2. The lowest BCUT2D eigenvalue weighted by Gasteiger charge is -2.41. The van der Waals surface area contributed by atoms with Crippen molar-refractivity contribution in [3.05, 3.63) is 18.0 Å². The van der Waals surface area contributed by atoms with Gasteiger partial charge >= 0.3 is 6.18 Å². The Hall–Kier alpha value is -1.04. The third-order valence-electron chi connectivity index (χ3n) is 3.91. The van der Waals surface area contributed by atoms with Gasteiger partial charge in [-0.05, 0) is 18.3 Å². The van der Waals surface area contributed by atoms with Gasteiger partial charge in [-0.2, -0.15) is 18.3 Å². The number of aromatic nitrogens is 2. The van der Waals surface area contributed by atoms with Crippen LogP contribution in [-0.2, 0) is 6.18 Å². The minimum atomic E-state index is -4.34. The van der Waals surface area contributed by atoms with Crippen LogP contribution in [0.5, 0.6) is 0 Å². The Balaban J connectivity index is 2.24. The SMILES string of the molecule is CC1(C)CCCC(n2cc(C(F)(F)F)cn2)C1N. The van der Waals surface area contributed by atoms with E-state index < -0.39 is 11.7 Å². The number of nitrogens with two attached hydrogens (primary N) is 1. The van der Waals surface area contributed by atoms with E-state index in [0.29, 0.717) is 0 Å². The summed E-state index contributed by atoms with van der Waals surface area (Å²) in [5.41, 5.74) is 5.39. The molecular weight excluding hydrogens is 243 g/mol. The highest BCUT2D eigenvalue weighted by molar-refractivity contribution is 5.10. The molecule has 0 amide bonds. The third-order valence-corrected chi connectivity index (χ3v) is 3.91. The van der Waals surface area contributed by atoms with Crippen molar-refractivity contribution in [2.75, 3.05) is 0 Å². The quantitative estimate of drug-likeness (QED) is 0.844. The van der Waals surface area contributed by atoms with E-state index in [0.717, 1.165) is 31.7 Å². The molecule has 6 heteroatoms. The second-order valence-electron chi connectivity index (χ2n) is 5.68. The average molecular weight is 261 g/mol. The molecule has 1 heterocycles. The number of hydrogen-bond donors (Lipinski definition) is 1. The van der Waals surface area contributed by atoms with Gasteiger partial charge in [0.2, 0.25) is 0 Å². The van der Waals surface area contributed by atoms with Gasteiger partial charge in [-0.3, -0.25) is 4.68 Å². The number of halogens is 3. The van der Waals surface area contributed by atoms with Crippen LogP contribution >= 0.6 is 0 Å². The Labute approximate surface area is 104 Å². The maximum atomic E-state index is 12.5. The van der Waals surface area contributed by atoms with Gasteiger partial charge in [-0.25, -0.2) is 0 Å². The summed E-state index contributed by atoms with van der Waals surface area (Å²) in [5.74, 6) is 0. The molecule has 1 saturated carbocycles. The zero-order valence-electron chi connectivity index (χ0n) is 10.5. The molecule has 2 atom stereocenters. The van der Waals surface area contributed by atoms with Crippen molar-refractivity contribution in [3.63, 3.8) is 0 Å². The van der Waals surface area contributed by atoms with Crippen molar-refractivity contribution in [2.24, 2.45) is 11.1 Å². The molecule has 0 spiro atoms. The molecule has 18 heavy (non-hydrogen) atoms. The summed E-state index contributed by atoms with van der Waals surface area (Å²) in [6.45, 7) is 4.11. The molecular formula is C12H18F3N3. The maximum Gasteiger partial charge on any atom is 0.419 e. The zero-order chi connectivity index (χ0) is 13.6. The summed E-state index contributed by atoms with van der Waals surface area (Å²) >= 11 is 0. The van der Waals surface area contributed by atoms with Crippen LogP contribution in [0.25, 0.3) is 0 Å². The van der Waals surface area contributed by atoms with E-state index in [1.165, 1.54) is 4.68 Å². The fraction of sp³-hybridized carbons (Fsp3) is 0.750. The van der Waals surface area contributed by atoms with Crippen molar-refractivity contribution >= 4 is 0 Å². The van der Waals surface area contributed by atoms with E-state index in [9.17, 15) is 13.2 Å². The summed E-state index contributed by atoms with van der Waals surface area (Å²) in [7, 11) is 0. The molecule has 2 unspecified atom stereocenters. The highest BCUT2D eigenvalue weighted by Crippen LogP contribution is 2.40. The van der Waals surface area contributed by atoms with E-state index in [2.05, 4.69) is 18.9 Å². The van der Waals surface area contributed by atoms with Gasteiger partial charge in [-0.1, -0.05) is 20.3 Å². The molecule has 0 radical (unpaired) electrons.